The summed E-state index contributed by atoms with van der Waals surface area (Å²) in [6.07, 6.45) is 4.33. The first-order valence-electron chi connectivity index (χ1n) is 7.12. The maximum atomic E-state index is 6.38. The van der Waals surface area contributed by atoms with Crippen LogP contribution in [0.3, 0.4) is 0 Å². The molecule has 4 heteroatoms. The Hall–Kier alpha value is -0.800. The van der Waals surface area contributed by atoms with Crippen molar-refractivity contribution in [3.05, 3.63) is 22.8 Å². The molecule has 1 saturated heterocycles. The number of anilines is 1. The number of rotatable bonds is 4. The quantitative estimate of drug-likeness (QED) is 0.916. The average molecular weight is 282 g/mol. The summed E-state index contributed by atoms with van der Waals surface area (Å²) in [5, 5.41) is 4.06. The van der Waals surface area contributed by atoms with E-state index < -0.39 is 0 Å². The van der Waals surface area contributed by atoms with E-state index in [1.165, 1.54) is 12.8 Å². The van der Waals surface area contributed by atoms with Crippen LogP contribution in [0.5, 0.6) is 0 Å². The standard InChI is InChI=1S/C15H24ClN3/c1-4-17-10-12-9-13(16)14(18-11-12)19-7-5-15(2,3)6-8-19/h9,11,17H,4-8,10H2,1-3H3. The van der Waals surface area contributed by atoms with Gasteiger partial charge in [0, 0.05) is 25.8 Å². The first-order chi connectivity index (χ1) is 9.02. The van der Waals surface area contributed by atoms with Crippen molar-refractivity contribution >= 4 is 17.4 Å². The van der Waals surface area contributed by atoms with Gasteiger partial charge in [-0.3, -0.25) is 0 Å². The molecule has 2 rings (SSSR count). The number of nitrogens with zero attached hydrogens (tertiary/aromatic N) is 2. The number of aromatic nitrogens is 1. The van der Waals surface area contributed by atoms with E-state index in [9.17, 15) is 0 Å². The molecule has 2 heterocycles. The second kappa shape index (κ2) is 6.10. The van der Waals surface area contributed by atoms with E-state index in [4.69, 9.17) is 11.6 Å². The van der Waals surface area contributed by atoms with Crippen molar-refractivity contribution in [3.8, 4) is 0 Å². The first kappa shape index (κ1) is 14.6. The van der Waals surface area contributed by atoms with E-state index in [2.05, 4.69) is 36.0 Å². The van der Waals surface area contributed by atoms with Crippen LogP contribution in [0.15, 0.2) is 12.3 Å². The lowest BCUT2D eigenvalue weighted by molar-refractivity contribution is 0.279. The zero-order valence-corrected chi connectivity index (χ0v) is 12.9. The zero-order valence-electron chi connectivity index (χ0n) is 12.2. The van der Waals surface area contributed by atoms with Gasteiger partial charge in [0.15, 0.2) is 0 Å². The third kappa shape index (κ3) is 3.83. The molecule has 1 aliphatic heterocycles. The maximum absolute atomic E-state index is 6.38. The number of hydrogen-bond acceptors (Lipinski definition) is 3. The fourth-order valence-corrected chi connectivity index (χ4v) is 2.70. The Morgan fingerprint density at radius 1 is 1.37 bits per heavy atom. The van der Waals surface area contributed by atoms with Crippen LogP contribution < -0.4 is 10.2 Å². The van der Waals surface area contributed by atoms with Crippen LogP contribution >= 0.6 is 11.6 Å². The van der Waals surface area contributed by atoms with Crippen LogP contribution in [0.25, 0.3) is 0 Å². The molecule has 0 spiro atoms. The average Bonchev–Trinajstić information content (AvgIpc) is 2.37. The summed E-state index contributed by atoms with van der Waals surface area (Å²) in [5.41, 5.74) is 1.60. The molecule has 0 aliphatic carbocycles. The maximum Gasteiger partial charge on any atom is 0.147 e. The molecule has 0 saturated carbocycles. The van der Waals surface area contributed by atoms with E-state index in [1.807, 2.05) is 12.3 Å². The monoisotopic (exact) mass is 281 g/mol. The molecule has 1 aromatic heterocycles. The van der Waals surface area contributed by atoms with Crippen LogP contribution in [0.1, 0.15) is 39.2 Å². The second-order valence-corrected chi connectivity index (χ2v) is 6.49. The molecule has 1 aliphatic rings. The van der Waals surface area contributed by atoms with Crippen molar-refractivity contribution in [2.75, 3.05) is 24.5 Å². The molecule has 0 radical (unpaired) electrons. The summed E-state index contributed by atoms with van der Waals surface area (Å²) < 4.78 is 0. The number of halogens is 1. The largest absolute Gasteiger partial charge is 0.355 e. The molecule has 1 N–H and O–H groups in total. The lowest BCUT2D eigenvalue weighted by Crippen LogP contribution is -2.37. The Labute approximate surface area is 121 Å². The molecule has 106 valence electrons. The van der Waals surface area contributed by atoms with E-state index in [0.717, 1.165) is 42.6 Å². The van der Waals surface area contributed by atoms with Gasteiger partial charge < -0.3 is 10.2 Å². The van der Waals surface area contributed by atoms with Gasteiger partial charge in [0.05, 0.1) is 5.02 Å². The number of pyridine rings is 1. The fraction of sp³-hybridized carbons (Fsp3) is 0.667. The summed E-state index contributed by atoms with van der Waals surface area (Å²) in [4.78, 5) is 6.87. The molecule has 0 bridgehead atoms. The fourth-order valence-electron chi connectivity index (χ4n) is 2.39. The highest BCUT2D eigenvalue weighted by atomic mass is 35.5. The topological polar surface area (TPSA) is 28.2 Å². The van der Waals surface area contributed by atoms with Gasteiger partial charge in [0.1, 0.15) is 5.82 Å². The molecule has 19 heavy (non-hydrogen) atoms. The Morgan fingerprint density at radius 2 is 2.05 bits per heavy atom. The van der Waals surface area contributed by atoms with E-state index in [0.29, 0.717) is 5.41 Å². The first-order valence-corrected chi connectivity index (χ1v) is 7.50. The Kier molecular flexibility index (Phi) is 4.69. The van der Waals surface area contributed by atoms with Crippen LogP contribution in [-0.2, 0) is 6.54 Å². The van der Waals surface area contributed by atoms with Gasteiger partial charge in [-0.15, -0.1) is 0 Å². The third-order valence-corrected chi connectivity index (χ3v) is 4.15. The Balaban J connectivity index is 2.05. The minimum absolute atomic E-state index is 0.452. The molecule has 3 nitrogen and oxygen atoms in total. The summed E-state index contributed by atoms with van der Waals surface area (Å²) in [7, 11) is 0. The normalized spacial score (nSPS) is 18.6. The van der Waals surface area contributed by atoms with Crippen LogP contribution in [0.2, 0.25) is 5.02 Å². The van der Waals surface area contributed by atoms with E-state index in [-0.39, 0.29) is 0 Å². The van der Waals surface area contributed by atoms with Crippen molar-refractivity contribution < 1.29 is 0 Å². The summed E-state index contributed by atoms with van der Waals surface area (Å²) in [6.45, 7) is 10.6. The van der Waals surface area contributed by atoms with Crippen LogP contribution in [0.4, 0.5) is 5.82 Å². The highest BCUT2D eigenvalue weighted by Crippen LogP contribution is 2.33. The second-order valence-electron chi connectivity index (χ2n) is 6.08. The SMILES string of the molecule is CCNCc1cnc(N2CCC(C)(C)CC2)c(Cl)c1. The smallest absolute Gasteiger partial charge is 0.147 e. The van der Waals surface area contributed by atoms with E-state index in [1.54, 1.807) is 0 Å². The number of piperidine rings is 1. The summed E-state index contributed by atoms with van der Waals surface area (Å²) in [5.74, 6) is 0.942. The van der Waals surface area contributed by atoms with Gasteiger partial charge in [-0.05, 0) is 36.4 Å². The van der Waals surface area contributed by atoms with Crippen molar-refractivity contribution in [2.45, 2.75) is 40.2 Å². The molecule has 1 aromatic rings. The van der Waals surface area contributed by atoms with Gasteiger partial charge in [0.25, 0.3) is 0 Å². The van der Waals surface area contributed by atoms with Gasteiger partial charge in [-0.25, -0.2) is 4.98 Å². The van der Waals surface area contributed by atoms with Crippen molar-refractivity contribution in [1.29, 1.82) is 0 Å². The Bertz CT molecular complexity index is 421. The highest BCUT2D eigenvalue weighted by molar-refractivity contribution is 6.33. The van der Waals surface area contributed by atoms with Gasteiger partial charge in [-0.2, -0.15) is 0 Å². The molecule has 0 atom stereocenters. The predicted molar refractivity (Wildman–Crippen MR) is 81.9 cm³/mol. The van der Waals surface area contributed by atoms with Crippen LogP contribution in [0, 0.1) is 5.41 Å². The minimum atomic E-state index is 0.452. The lowest BCUT2D eigenvalue weighted by Gasteiger charge is -2.37. The Morgan fingerprint density at radius 3 is 2.63 bits per heavy atom. The number of hydrogen-bond donors (Lipinski definition) is 1. The molecule has 1 fully saturated rings. The van der Waals surface area contributed by atoms with E-state index >= 15 is 0 Å². The van der Waals surface area contributed by atoms with Gasteiger partial charge >= 0.3 is 0 Å². The summed E-state index contributed by atoms with van der Waals surface area (Å²) in [6, 6.07) is 2.03. The molecular formula is C15H24ClN3. The molecular weight excluding hydrogens is 258 g/mol. The van der Waals surface area contributed by atoms with Crippen LogP contribution in [-0.4, -0.2) is 24.6 Å². The van der Waals surface area contributed by atoms with Crippen molar-refractivity contribution in [3.63, 3.8) is 0 Å². The molecule has 0 amide bonds. The minimum Gasteiger partial charge on any atom is -0.355 e. The van der Waals surface area contributed by atoms with Crippen molar-refractivity contribution in [1.82, 2.24) is 10.3 Å². The highest BCUT2D eigenvalue weighted by Gasteiger charge is 2.26. The zero-order chi connectivity index (χ0) is 13.9. The third-order valence-electron chi connectivity index (χ3n) is 3.87. The predicted octanol–water partition coefficient (Wildman–Crippen LogP) is 3.47. The van der Waals surface area contributed by atoms with Crippen molar-refractivity contribution in [2.24, 2.45) is 5.41 Å². The van der Waals surface area contributed by atoms with Gasteiger partial charge in [0.2, 0.25) is 0 Å². The van der Waals surface area contributed by atoms with Gasteiger partial charge in [-0.1, -0.05) is 32.4 Å². The molecule has 0 aromatic carbocycles. The number of nitrogens with one attached hydrogen (secondary N) is 1. The molecule has 0 unspecified atom stereocenters. The lowest BCUT2D eigenvalue weighted by atomic mass is 9.83. The summed E-state index contributed by atoms with van der Waals surface area (Å²) >= 11 is 6.38.